The lowest BCUT2D eigenvalue weighted by Crippen LogP contribution is -1.97. The van der Waals surface area contributed by atoms with Gasteiger partial charge in [-0.1, -0.05) is 29.8 Å². The number of carbonyl (C=O) groups is 1. The van der Waals surface area contributed by atoms with Gasteiger partial charge in [-0.15, -0.1) is 0 Å². The van der Waals surface area contributed by atoms with Gasteiger partial charge in [0.25, 0.3) is 0 Å². The van der Waals surface area contributed by atoms with Crippen molar-refractivity contribution in [1.29, 1.82) is 0 Å². The lowest BCUT2D eigenvalue weighted by Gasteiger charge is -2.00. The van der Waals surface area contributed by atoms with Crippen LogP contribution in [-0.4, -0.2) is 10.8 Å². The molecule has 0 bridgehead atoms. The van der Waals surface area contributed by atoms with Crippen molar-refractivity contribution in [3.63, 3.8) is 0 Å². The topological polar surface area (TPSA) is 42.0 Å². The minimum atomic E-state index is -0.0276. The molecule has 2 aromatic rings. The van der Waals surface area contributed by atoms with Crippen LogP contribution in [0, 0.1) is 13.8 Å². The molecule has 0 aliphatic rings. The fourth-order valence-corrected chi connectivity index (χ4v) is 1.63. The fourth-order valence-electron chi connectivity index (χ4n) is 1.63. The summed E-state index contributed by atoms with van der Waals surface area (Å²) >= 11 is 0. The number of anilines is 1. The summed E-state index contributed by atoms with van der Waals surface area (Å²) in [5.74, 6) is 0.702. The van der Waals surface area contributed by atoms with E-state index in [9.17, 15) is 4.79 Å². The number of hydrogen-bond acceptors (Lipinski definition) is 3. The molecule has 0 aliphatic heterocycles. The average molecular weight is 252 g/mol. The Morgan fingerprint density at radius 2 is 1.84 bits per heavy atom. The summed E-state index contributed by atoms with van der Waals surface area (Å²) in [5.41, 5.74) is 2.94. The van der Waals surface area contributed by atoms with Crippen LogP contribution in [0.4, 0.5) is 5.82 Å². The molecule has 96 valence electrons. The third-order valence-electron chi connectivity index (χ3n) is 2.72. The van der Waals surface area contributed by atoms with Crippen LogP contribution in [0.25, 0.3) is 0 Å². The van der Waals surface area contributed by atoms with E-state index in [1.54, 1.807) is 12.4 Å². The van der Waals surface area contributed by atoms with Gasteiger partial charge in [0, 0.05) is 24.0 Å². The quantitative estimate of drug-likeness (QED) is 0.669. The van der Waals surface area contributed by atoms with Crippen LogP contribution in [0.5, 0.6) is 0 Å². The Kier molecular flexibility index (Phi) is 4.08. The van der Waals surface area contributed by atoms with Gasteiger partial charge in [0.1, 0.15) is 5.82 Å². The fraction of sp³-hybridized carbons (Fsp3) is 0.125. The normalized spacial score (nSPS) is 10.6. The Morgan fingerprint density at radius 3 is 2.53 bits per heavy atom. The molecule has 0 fully saturated rings. The molecule has 1 heterocycles. The maximum atomic E-state index is 11.9. The number of nitrogens with zero attached hydrogens (tertiary/aromatic N) is 1. The van der Waals surface area contributed by atoms with Crippen molar-refractivity contribution in [3.8, 4) is 0 Å². The van der Waals surface area contributed by atoms with Crippen molar-refractivity contribution >= 4 is 11.6 Å². The highest BCUT2D eigenvalue weighted by Crippen LogP contribution is 2.07. The number of allylic oxidation sites excluding steroid dienone is 1. The van der Waals surface area contributed by atoms with E-state index in [1.165, 1.54) is 6.08 Å². The van der Waals surface area contributed by atoms with E-state index in [4.69, 9.17) is 0 Å². The molecular weight excluding hydrogens is 236 g/mol. The monoisotopic (exact) mass is 252 g/mol. The first kappa shape index (κ1) is 13.0. The van der Waals surface area contributed by atoms with E-state index in [0.717, 1.165) is 16.9 Å². The molecule has 0 amide bonds. The molecule has 1 aromatic heterocycles. The number of benzene rings is 1. The van der Waals surface area contributed by atoms with Crippen LogP contribution in [0.2, 0.25) is 0 Å². The minimum Gasteiger partial charge on any atom is -0.347 e. The van der Waals surface area contributed by atoms with Gasteiger partial charge in [-0.3, -0.25) is 4.79 Å². The van der Waals surface area contributed by atoms with Crippen LogP contribution in [-0.2, 0) is 0 Å². The van der Waals surface area contributed by atoms with Gasteiger partial charge in [-0.25, -0.2) is 4.98 Å². The predicted molar refractivity (Wildman–Crippen MR) is 77.2 cm³/mol. The highest BCUT2D eigenvalue weighted by atomic mass is 16.1. The SMILES string of the molecule is Cc1ccc(C(=O)/C=C/Nc2cc(C)ccn2)cc1. The van der Waals surface area contributed by atoms with Crippen LogP contribution >= 0.6 is 0 Å². The lowest BCUT2D eigenvalue weighted by molar-refractivity contribution is 0.104. The van der Waals surface area contributed by atoms with E-state index in [-0.39, 0.29) is 5.78 Å². The Morgan fingerprint density at radius 1 is 1.11 bits per heavy atom. The molecule has 0 spiro atoms. The van der Waals surface area contributed by atoms with Crippen LogP contribution in [0.15, 0.2) is 54.9 Å². The Bertz CT molecular complexity index is 600. The first-order valence-electron chi connectivity index (χ1n) is 6.12. The standard InChI is InChI=1S/C16H16N2O/c1-12-3-5-14(6-4-12)15(19)8-10-18-16-11-13(2)7-9-17-16/h3-11H,1-2H3,(H,17,18)/b10-8+. The molecule has 0 atom stereocenters. The lowest BCUT2D eigenvalue weighted by atomic mass is 10.1. The molecule has 0 saturated heterocycles. The predicted octanol–water partition coefficient (Wildman–Crippen LogP) is 3.51. The van der Waals surface area contributed by atoms with Crippen molar-refractivity contribution in [1.82, 2.24) is 4.98 Å². The van der Waals surface area contributed by atoms with Crippen molar-refractivity contribution in [2.24, 2.45) is 0 Å². The van der Waals surface area contributed by atoms with E-state index in [2.05, 4.69) is 10.3 Å². The summed E-state index contributed by atoms with van der Waals surface area (Å²) in [6.07, 6.45) is 4.85. The van der Waals surface area contributed by atoms with E-state index in [1.807, 2.05) is 50.2 Å². The van der Waals surface area contributed by atoms with Gasteiger partial charge in [0.05, 0.1) is 0 Å². The molecule has 0 saturated carbocycles. The zero-order valence-corrected chi connectivity index (χ0v) is 11.1. The summed E-state index contributed by atoms with van der Waals surface area (Å²) in [7, 11) is 0. The van der Waals surface area contributed by atoms with E-state index >= 15 is 0 Å². The number of carbonyl (C=O) groups excluding carboxylic acids is 1. The molecule has 1 N–H and O–H groups in total. The zero-order valence-electron chi connectivity index (χ0n) is 11.1. The minimum absolute atomic E-state index is 0.0276. The van der Waals surface area contributed by atoms with Crippen LogP contribution in [0.3, 0.4) is 0 Å². The second-order valence-electron chi connectivity index (χ2n) is 4.43. The average Bonchev–Trinajstić information content (AvgIpc) is 2.39. The molecule has 19 heavy (non-hydrogen) atoms. The van der Waals surface area contributed by atoms with Crippen molar-refractivity contribution in [2.75, 3.05) is 5.32 Å². The second kappa shape index (κ2) is 5.96. The molecule has 2 rings (SSSR count). The summed E-state index contributed by atoms with van der Waals surface area (Å²) in [5, 5.41) is 2.99. The van der Waals surface area contributed by atoms with E-state index in [0.29, 0.717) is 5.56 Å². The van der Waals surface area contributed by atoms with Gasteiger partial charge >= 0.3 is 0 Å². The number of aromatic nitrogens is 1. The molecule has 0 radical (unpaired) electrons. The highest BCUT2D eigenvalue weighted by Gasteiger charge is 2.00. The van der Waals surface area contributed by atoms with Crippen LogP contribution < -0.4 is 5.32 Å². The Hall–Kier alpha value is -2.42. The van der Waals surface area contributed by atoms with Gasteiger partial charge in [-0.05, 0) is 31.5 Å². The van der Waals surface area contributed by atoms with Crippen molar-refractivity contribution in [3.05, 3.63) is 71.6 Å². The zero-order chi connectivity index (χ0) is 13.7. The molecule has 1 aromatic carbocycles. The highest BCUT2D eigenvalue weighted by molar-refractivity contribution is 6.04. The van der Waals surface area contributed by atoms with Gasteiger partial charge in [0.15, 0.2) is 5.78 Å². The largest absolute Gasteiger partial charge is 0.347 e. The number of ketones is 1. The summed E-state index contributed by atoms with van der Waals surface area (Å²) < 4.78 is 0. The van der Waals surface area contributed by atoms with Crippen molar-refractivity contribution in [2.45, 2.75) is 13.8 Å². The van der Waals surface area contributed by atoms with Crippen molar-refractivity contribution < 1.29 is 4.79 Å². The summed E-state index contributed by atoms with van der Waals surface area (Å²) in [4.78, 5) is 16.0. The molecular formula is C16H16N2O. The van der Waals surface area contributed by atoms with Gasteiger partial charge in [-0.2, -0.15) is 0 Å². The third-order valence-corrected chi connectivity index (χ3v) is 2.72. The maximum Gasteiger partial charge on any atom is 0.187 e. The number of aryl methyl sites for hydroxylation is 2. The molecule has 0 aliphatic carbocycles. The third kappa shape index (κ3) is 3.78. The molecule has 3 heteroatoms. The Balaban J connectivity index is 1.99. The maximum absolute atomic E-state index is 11.9. The number of rotatable bonds is 4. The first-order valence-corrected chi connectivity index (χ1v) is 6.12. The summed E-state index contributed by atoms with van der Waals surface area (Å²) in [6, 6.07) is 11.3. The van der Waals surface area contributed by atoms with Crippen LogP contribution in [0.1, 0.15) is 21.5 Å². The number of hydrogen-bond donors (Lipinski definition) is 1. The Labute approximate surface area is 113 Å². The molecule has 3 nitrogen and oxygen atoms in total. The molecule has 0 unspecified atom stereocenters. The summed E-state index contributed by atoms with van der Waals surface area (Å²) in [6.45, 7) is 3.99. The van der Waals surface area contributed by atoms with Gasteiger partial charge in [0.2, 0.25) is 0 Å². The smallest absolute Gasteiger partial charge is 0.187 e. The number of nitrogens with one attached hydrogen (secondary N) is 1. The first-order chi connectivity index (χ1) is 9.15. The second-order valence-corrected chi connectivity index (χ2v) is 4.43. The van der Waals surface area contributed by atoms with E-state index < -0.39 is 0 Å². The van der Waals surface area contributed by atoms with Gasteiger partial charge < -0.3 is 5.32 Å². The number of pyridine rings is 1.